The average Bonchev–Trinajstić information content (AvgIpc) is 2.87. The van der Waals surface area contributed by atoms with Crippen molar-refractivity contribution >= 4 is 17.3 Å². The summed E-state index contributed by atoms with van der Waals surface area (Å²) in [6, 6.07) is 8.16. The summed E-state index contributed by atoms with van der Waals surface area (Å²) in [4.78, 5) is 16.8. The zero-order valence-corrected chi connectivity index (χ0v) is 10.8. The summed E-state index contributed by atoms with van der Waals surface area (Å²) in [5, 5.41) is 10.1. The number of fused-ring (bicyclic) bond motifs is 1. The van der Waals surface area contributed by atoms with Crippen LogP contribution in [0.15, 0.2) is 24.3 Å². The van der Waals surface area contributed by atoms with Crippen molar-refractivity contribution in [1.29, 1.82) is 0 Å². The molecular weight excluding hydrogens is 246 g/mol. The Kier molecular flexibility index (Phi) is 2.67. The second-order valence-electron chi connectivity index (χ2n) is 4.63. The van der Waals surface area contributed by atoms with Gasteiger partial charge in [-0.25, -0.2) is 4.98 Å². The second kappa shape index (κ2) is 4.21. The van der Waals surface area contributed by atoms with E-state index < -0.39 is 11.9 Å². The van der Waals surface area contributed by atoms with Gasteiger partial charge in [-0.15, -0.1) is 11.3 Å². The number of rotatable bonds is 2. The Hall–Kier alpha value is -1.68. The number of carbonyl (C=O) groups is 1. The highest BCUT2D eigenvalue weighted by Crippen LogP contribution is 2.39. The molecule has 1 aliphatic carbocycles. The van der Waals surface area contributed by atoms with E-state index in [1.807, 2.05) is 25.1 Å². The zero-order chi connectivity index (χ0) is 12.7. The molecule has 0 aliphatic heterocycles. The van der Waals surface area contributed by atoms with Gasteiger partial charge in [-0.2, -0.15) is 0 Å². The number of nitrogens with zero attached hydrogens (tertiary/aromatic N) is 1. The lowest BCUT2D eigenvalue weighted by Gasteiger charge is -2.02. The van der Waals surface area contributed by atoms with E-state index in [1.54, 1.807) is 11.3 Å². The minimum atomic E-state index is -0.755. The van der Waals surface area contributed by atoms with Crippen molar-refractivity contribution in [1.82, 2.24) is 4.98 Å². The molecule has 0 amide bonds. The van der Waals surface area contributed by atoms with Crippen LogP contribution in [0.3, 0.4) is 0 Å². The molecule has 4 heteroatoms. The second-order valence-corrected chi connectivity index (χ2v) is 5.71. The molecule has 1 N–H and O–H groups in total. The van der Waals surface area contributed by atoms with Crippen molar-refractivity contribution < 1.29 is 9.90 Å². The molecule has 1 heterocycles. The lowest BCUT2D eigenvalue weighted by atomic mass is 10.1. The van der Waals surface area contributed by atoms with Gasteiger partial charge >= 0.3 is 5.97 Å². The molecule has 1 aromatic heterocycles. The van der Waals surface area contributed by atoms with Gasteiger partial charge in [0.05, 0.1) is 5.69 Å². The molecule has 92 valence electrons. The van der Waals surface area contributed by atoms with E-state index in [9.17, 15) is 4.79 Å². The molecule has 2 aromatic rings. The molecule has 0 radical (unpaired) electrons. The molecule has 3 nitrogen and oxygen atoms in total. The van der Waals surface area contributed by atoms with Crippen LogP contribution in [0.25, 0.3) is 10.6 Å². The Labute approximate surface area is 109 Å². The van der Waals surface area contributed by atoms with E-state index in [4.69, 9.17) is 5.11 Å². The molecular formula is C14H13NO2S. The third-order valence-corrected chi connectivity index (χ3v) is 4.46. The monoisotopic (exact) mass is 259 g/mol. The highest BCUT2D eigenvalue weighted by Gasteiger charge is 2.32. The first-order valence-corrected chi connectivity index (χ1v) is 6.76. The van der Waals surface area contributed by atoms with Gasteiger partial charge in [0.25, 0.3) is 0 Å². The zero-order valence-electron chi connectivity index (χ0n) is 10.0. The molecule has 1 aromatic carbocycles. The lowest BCUT2D eigenvalue weighted by Crippen LogP contribution is -2.08. The summed E-state index contributed by atoms with van der Waals surface area (Å²) in [5.41, 5.74) is 3.06. The van der Waals surface area contributed by atoms with E-state index in [1.165, 1.54) is 5.56 Å². The van der Waals surface area contributed by atoms with Crippen molar-refractivity contribution in [3.63, 3.8) is 0 Å². The topological polar surface area (TPSA) is 50.2 Å². The average molecular weight is 259 g/mol. The van der Waals surface area contributed by atoms with Gasteiger partial charge in [0.15, 0.2) is 0 Å². The fraction of sp³-hybridized carbons (Fsp3) is 0.286. The Bertz CT molecular complexity index is 618. The van der Waals surface area contributed by atoms with E-state index in [0.717, 1.165) is 27.6 Å². The van der Waals surface area contributed by atoms with E-state index >= 15 is 0 Å². The Morgan fingerprint density at radius 3 is 3.06 bits per heavy atom. The fourth-order valence-corrected chi connectivity index (χ4v) is 3.50. The summed E-state index contributed by atoms with van der Waals surface area (Å²) < 4.78 is 0. The Morgan fingerprint density at radius 1 is 1.50 bits per heavy atom. The minimum absolute atomic E-state index is 0.408. The molecule has 1 atom stereocenters. The fourth-order valence-electron chi connectivity index (χ4n) is 2.37. The van der Waals surface area contributed by atoms with Crippen LogP contribution >= 0.6 is 11.3 Å². The van der Waals surface area contributed by atoms with E-state index in [2.05, 4.69) is 11.1 Å². The summed E-state index contributed by atoms with van der Waals surface area (Å²) >= 11 is 1.63. The van der Waals surface area contributed by atoms with E-state index in [-0.39, 0.29) is 0 Å². The first-order chi connectivity index (χ1) is 8.65. The number of hydrogen-bond acceptors (Lipinski definition) is 3. The maximum Gasteiger partial charge on any atom is 0.312 e. The minimum Gasteiger partial charge on any atom is -0.481 e. The van der Waals surface area contributed by atoms with Gasteiger partial charge in [0.1, 0.15) is 10.9 Å². The first-order valence-electron chi connectivity index (χ1n) is 5.94. The number of carboxylic acid groups (broad SMARTS) is 1. The van der Waals surface area contributed by atoms with Gasteiger partial charge in [-0.3, -0.25) is 4.79 Å². The summed E-state index contributed by atoms with van der Waals surface area (Å²) in [7, 11) is 0. The number of thiazole rings is 1. The van der Waals surface area contributed by atoms with Crippen molar-refractivity contribution in [2.45, 2.75) is 25.7 Å². The number of carboxylic acids is 1. The van der Waals surface area contributed by atoms with Gasteiger partial charge in [-0.05, 0) is 25.8 Å². The van der Waals surface area contributed by atoms with Gasteiger partial charge < -0.3 is 5.11 Å². The van der Waals surface area contributed by atoms with Crippen LogP contribution in [0.4, 0.5) is 0 Å². The third kappa shape index (κ3) is 1.82. The normalized spacial score (nSPS) is 17.7. The van der Waals surface area contributed by atoms with Gasteiger partial charge in [0.2, 0.25) is 0 Å². The number of aryl methyl sites for hydroxylation is 2. The molecule has 18 heavy (non-hydrogen) atoms. The smallest absolute Gasteiger partial charge is 0.312 e. The van der Waals surface area contributed by atoms with Crippen molar-refractivity contribution in [2.24, 2.45) is 0 Å². The van der Waals surface area contributed by atoms with Crippen LogP contribution in [0.2, 0.25) is 0 Å². The molecule has 0 fully saturated rings. The van der Waals surface area contributed by atoms with Crippen LogP contribution < -0.4 is 0 Å². The third-order valence-electron chi connectivity index (χ3n) is 3.28. The molecule has 0 saturated carbocycles. The van der Waals surface area contributed by atoms with Crippen LogP contribution in [-0.4, -0.2) is 16.1 Å². The molecule has 0 saturated heterocycles. The highest BCUT2D eigenvalue weighted by atomic mass is 32.1. The van der Waals surface area contributed by atoms with Crippen molar-refractivity contribution in [3.05, 3.63) is 40.4 Å². The maximum absolute atomic E-state index is 11.1. The van der Waals surface area contributed by atoms with Crippen LogP contribution in [0.1, 0.15) is 28.5 Å². The predicted octanol–water partition coefficient (Wildman–Crippen LogP) is 3.23. The Morgan fingerprint density at radius 2 is 2.33 bits per heavy atom. The highest BCUT2D eigenvalue weighted by molar-refractivity contribution is 7.15. The van der Waals surface area contributed by atoms with E-state index in [0.29, 0.717) is 6.42 Å². The van der Waals surface area contributed by atoms with Gasteiger partial charge in [0, 0.05) is 10.4 Å². The van der Waals surface area contributed by atoms with Gasteiger partial charge in [-0.1, -0.05) is 23.8 Å². The molecule has 1 aliphatic rings. The predicted molar refractivity (Wildman–Crippen MR) is 71.0 cm³/mol. The maximum atomic E-state index is 11.1. The summed E-state index contributed by atoms with van der Waals surface area (Å²) in [5.74, 6) is -1.16. The summed E-state index contributed by atoms with van der Waals surface area (Å²) in [6.07, 6.45) is 1.54. The van der Waals surface area contributed by atoms with Crippen LogP contribution in [0.5, 0.6) is 0 Å². The SMILES string of the molecule is Cc1cccc(-c2nc3c(s2)CCC3C(=O)O)c1. The number of aromatic nitrogens is 1. The quantitative estimate of drug-likeness (QED) is 0.900. The van der Waals surface area contributed by atoms with Crippen molar-refractivity contribution in [3.8, 4) is 10.6 Å². The van der Waals surface area contributed by atoms with Crippen molar-refractivity contribution in [2.75, 3.05) is 0 Å². The molecule has 1 unspecified atom stereocenters. The molecule has 0 bridgehead atoms. The van der Waals surface area contributed by atoms with Crippen LogP contribution in [-0.2, 0) is 11.2 Å². The Balaban J connectivity index is 2.02. The number of hydrogen-bond donors (Lipinski definition) is 1. The summed E-state index contributed by atoms with van der Waals surface area (Å²) in [6.45, 7) is 2.05. The molecule has 3 rings (SSSR count). The first kappa shape index (κ1) is 11.4. The largest absolute Gasteiger partial charge is 0.481 e. The lowest BCUT2D eigenvalue weighted by molar-refractivity contribution is -0.138. The van der Waals surface area contributed by atoms with Crippen LogP contribution in [0, 0.1) is 6.92 Å². The standard InChI is InChI=1S/C14H13NO2S/c1-8-3-2-4-9(7-8)13-15-12-10(14(16)17)5-6-11(12)18-13/h2-4,7,10H,5-6H2,1H3,(H,16,17). The molecule has 0 spiro atoms. The number of aliphatic carboxylic acids is 1. The number of benzene rings is 1.